The number of amides is 1. The van der Waals surface area contributed by atoms with Gasteiger partial charge in [0.05, 0.1) is 23.6 Å². The number of anilines is 1. The first kappa shape index (κ1) is 21.2. The van der Waals surface area contributed by atoms with Gasteiger partial charge in [-0.2, -0.15) is 20.0 Å². The Labute approximate surface area is 192 Å². The summed E-state index contributed by atoms with van der Waals surface area (Å²) in [6.07, 6.45) is 6.46. The third-order valence-corrected chi connectivity index (χ3v) is 6.34. The molecule has 4 aromatic rings. The summed E-state index contributed by atoms with van der Waals surface area (Å²) in [4.78, 5) is 24.1. The molecule has 0 N–H and O–H groups in total. The first-order valence-electron chi connectivity index (χ1n) is 11.5. The summed E-state index contributed by atoms with van der Waals surface area (Å²) in [5, 5.41) is 8.50. The molecular formula is C25H28N6O2. The van der Waals surface area contributed by atoms with Gasteiger partial charge in [-0.1, -0.05) is 23.8 Å². The van der Waals surface area contributed by atoms with Gasteiger partial charge in [-0.05, 0) is 57.4 Å². The molecule has 0 atom stereocenters. The molecule has 8 heteroatoms. The van der Waals surface area contributed by atoms with Crippen LogP contribution in [0.4, 0.5) is 6.01 Å². The largest absolute Gasteiger partial charge is 0.423 e. The average molecular weight is 445 g/mol. The van der Waals surface area contributed by atoms with Gasteiger partial charge >= 0.3 is 0 Å². The molecule has 1 saturated carbocycles. The van der Waals surface area contributed by atoms with E-state index >= 15 is 0 Å². The van der Waals surface area contributed by atoms with E-state index in [1.54, 1.807) is 12.4 Å². The lowest BCUT2D eigenvalue weighted by molar-refractivity contribution is 0.0586. The number of carbonyl (C=O) groups is 1. The van der Waals surface area contributed by atoms with E-state index in [4.69, 9.17) is 4.42 Å². The van der Waals surface area contributed by atoms with Gasteiger partial charge in [0, 0.05) is 25.7 Å². The predicted octanol–water partition coefficient (Wildman–Crippen LogP) is 4.24. The van der Waals surface area contributed by atoms with Crippen molar-refractivity contribution in [2.75, 3.05) is 24.5 Å². The van der Waals surface area contributed by atoms with Crippen LogP contribution in [0.1, 0.15) is 42.1 Å². The molecule has 0 bridgehead atoms. The molecule has 2 aromatic heterocycles. The van der Waals surface area contributed by atoms with Gasteiger partial charge in [0.15, 0.2) is 5.58 Å². The fourth-order valence-electron chi connectivity index (χ4n) is 4.25. The van der Waals surface area contributed by atoms with E-state index in [0.717, 1.165) is 42.5 Å². The van der Waals surface area contributed by atoms with Crippen LogP contribution in [-0.4, -0.2) is 56.5 Å². The maximum absolute atomic E-state index is 13.8. The molecular weight excluding hydrogens is 416 g/mol. The molecule has 0 unspecified atom stereocenters. The molecule has 2 heterocycles. The molecule has 0 saturated heterocycles. The van der Waals surface area contributed by atoms with Crippen molar-refractivity contribution in [1.29, 1.82) is 0 Å². The number of rotatable bonds is 8. The molecule has 2 aromatic carbocycles. The van der Waals surface area contributed by atoms with Crippen LogP contribution in [0.15, 0.2) is 59.3 Å². The Balaban J connectivity index is 1.40. The third-order valence-electron chi connectivity index (χ3n) is 6.34. The Kier molecular flexibility index (Phi) is 5.81. The minimum Gasteiger partial charge on any atom is -0.423 e. The highest BCUT2D eigenvalue weighted by atomic mass is 16.4. The van der Waals surface area contributed by atoms with Crippen molar-refractivity contribution < 1.29 is 9.21 Å². The Morgan fingerprint density at radius 3 is 2.61 bits per heavy atom. The number of nitrogens with zero attached hydrogens (tertiary/aromatic N) is 6. The van der Waals surface area contributed by atoms with Gasteiger partial charge in [-0.3, -0.25) is 4.79 Å². The lowest BCUT2D eigenvalue weighted by Crippen LogP contribution is -2.48. The monoisotopic (exact) mass is 444 g/mol. The van der Waals surface area contributed by atoms with Crippen LogP contribution in [0.5, 0.6) is 0 Å². The summed E-state index contributed by atoms with van der Waals surface area (Å²) in [5.41, 5.74) is 3.97. The highest BCUT2D eigenvalue weighted by molar-refractivity contribution is 5.98. The minimum atomic E-state index is 0.0179. The SMILES string of the molecule is CCN(CCN(C(=O)c1cc(C)ccc1-n1nccn1)C1CCC1)c1nc2ccccc2o1. The normalized spacial score (nSPS) is 13.8. The van der Waals surface area contributed by atoms with Crippen LogP contribution in [0.25, 0.3) is 16.8 Å². The Morgan fingerprint density at radius 1 is 1.12 bits per heavy atom. The van der Waals surface area contributed by atoms with Crippen molar-refractivity contribution in [3.63, 3.8) is 0 Å². The topological polar surface area (TPSA) is 80.3 Å². The Hall–Kier alpha value is -3.68. The third kappa shape index (κ3) is 4.20. The lowest BCUT2D eigenvalue weighted by atomic mass is 9.90. The summed E-state index contributed by atoms with van der Waals surface area (Å²) in [7, 11) is 0. The number of aryl methyl sites for hydroxylation is 1. The van der Waals surface area contributed by atoms with Crippen LogP contribution in [-0.2, 0) is 0 Å². The quantitative estimate of drug-likeness (QED) is 0.404. The van der Waals surface area contributed by atoms with E-state index in [0.29, 0.717) is 30.4 Å². The molecule has 0 spiro atoms. The summed E-state index contributed by atoms with van der Waals surface area (Å²) in [6.45, 7) is 6.05. The number of benzene rings is 2. The molecule has 1 aliphatic carbocycles. The highest BCUT2D eigenvalue weighted by Crippen LogP contribution is 2.28. The number of oxazole rings is 1. The Bertz CT molecular complexity index is 1210. The Morgan fingerprint density at radius 2 is 1.91 bits per heavy atom. The van der Waals surface area contributed by atoms with E-state index in [-0.39, 0.29) is 11.9 Å². The second-order valence-electron chi connectivity index (χ2n) is 8.47. The molecule has 1 amide bonds. The fraction of sp³-hybridized carbons (Fsp3) is 0.360. The van der Waals surface area contributed by atoms with Crippen molar-refractivity contribution in [2.45, 2.75) is 39.2 Å². The highest BCUT2D eigenvalue weighted by Gasteiger charge is 2.31. The second-order valence-corrected chi connectivity index (χ2v) is 8.47. The summed E-state index contributed by atoms with van der Waals surface area (Å²) >= 11 is 0. The van der Waals surface area contributed by atoms with Crippen LogP contribution in [0.3, 0.4) is 0 Å². The molecule has 1 fully saturated rings. The molecule has 33 heavy (non-hydrogen) atoms. The van der Waals surface area contributed by atoms with Gasteiger partial charge in [0.2, 0.25) is 0 Å². The number of fused-ring (bicyclic) bond motifs is 1. The number of hydrogen-bond donors (Lipinski definition) is 0. The standard InChI is InChI=1S/C25H28N6O2/c1-3-29(25-28-21-9-4-5-10-23(21)33-25)15-16-30(19-7-6-8-19)24(32)20-17-18(2)11-12-22(20)31-26-13-14-27-31/h4-5,9-14,17,19H,3,6-8,15-16H2,1-2H3. The van der Waals surface area contributed by atoms with E-state index in [1.165, 1.54) is 4.80 Å². The van der Waals surface area contributed by atoms with Crippen LogP contribution in [0.2, 0.25) is 0 Å². The fourth-order valence-corrected chi connectivity index (χ4v) is 4.25. The van der Waals surface area contributed by atoms with E-state index < -0.39 is 0 Å². The number of likely N-dealkylation sites (N-methyl/N-ethyl adjacent to an activating group) is 1. The van der Waals surface area contributed by atoms with Crippen molar-refractivity contribution in [3.8, 4) is 5.69 Å². The van der Waals surface area contributed by atoms with Crippen molar-refractivity contribution >= 4 is 23.0 Å². The predicted molar refractivity (Wildman–Crippen MR) is 127 cm³/mol. The zero-order chi connectivity index (χ0) is 22.8. The van der Waals surface area contributed by atoms with Crippen molar-refractivity contribution in [1.82, 2.24) is 24.9 Å². The summed E-state index contributed by atoms with van der Waals surface area (Å²) < 4.78 is 5.97. The van der Waals surface area contributed by atoms with Gasteiger partial charge in [0.1, 0.15) is 5.52 Å². The van der Waals surface area contributed by atoms with Gasteiger partial charge in [0.25, 0.3) is 11.9 Å². The molecule has 0 radical (unpaired) electrons. The van der Waals surface area contributed by atoms with Crippen LogP contribution >= 0.6 is 0 Å². The molecule has 1 aliphatic rings. The van der Waals surface area contributed by atoms with E-state index in [9.17, 15) is 4.79 Å². The minimum absolute atomic E-state index is 0.0179. The summed E-state index contributed by atoms with van der Waals surface area (Å²) in [5.74, 6) is 0.0179. The number of carbonyl (C=O) groups excluding carboxylic acids is 1. The zero-order valence-electron chi connectivity index (χ0n) is 19.0. The van der Waals surface area contributed by atoms with Crippen LogP contribution < -0.4 is 4.90 Å². The van der Waals surface area contributed by atoms with Gasteiger partial charge in [-0.15, -0.1) is 0 Å². The van der Waals surface area contributed by atoms with E-state index in [1.807, 2.05) is 54.3 Å². The molecule has 0 aliphatic heterocycles. The molecule has 5 rings (SSSR count). The first-order chi connectivity index (χ1) is 16.1. The van der Waals surface area contributed by atoms with Crippen molar-refractivity contribution in [2.24, 2.45) is 0 Å². The van der Waals surface area contributed by atoms with Gasteiger partial charge in [-0.25, -0.2) is 0 Å². The molecule has 170 valence electrons. The maximum atomic E-state index is 13.8. The molecule has 8 nitrogen and oxygen atoms in total. The average Bonchev–Trinajstić information content (AvgIpc) is 3.47. The smallest absolute Gasteiger partial charge is 0.298 e. The number of hydrogen-bond acceptors (Lipinski definition) is 6. The summed E-state index contributed by atoms with van der Waals surface area (Å²) in [6, 6.07) is 14.4. The van der Waals surface area contributed by atoms with Gasteiger partial charge < -0.3 is 14.2 Å². The lowest BCUT2D eigenvalue weighted by Gasteiger charge is -2.39. The maximum Gasteiger partial charge on any atom is 0.298 e. The number of para-hydroxylation sites is 2. The number of aromatic nitrogens is 4. The van der Waals surface area contributed by atoms with Crippen molar-refractivity contribution in [3.05, 3.63) is 66.0 Å². The first-order valence-corrected chi connectivity index (χ1v) is 11.5. The van der Waals surface area contributed by atoms with E-state index in [2.05, 4.69) is 27.0 Å². The van der Waals surface area contributed by atoms with Crippen LogP contribution in [0, 0.1) is 6.92 Å². The second kappa shape index (κ2) is 9.05. The zero-order valence-corrected chi connectivity index (χ0v) is 19.0.